The van der Waals surface area contributed by atoms with Crippen molar-refractivity contribution in [2.75, 3.05) is 12.3 Å². The van der Waals surface area contributed by atoms with Crippen LogP contribution in [0, 0.1) is 5.92 Å². The van der Waals surface area contributed by atoms with Crippen LogP contribution in [-0.4, -0.2) is 39.6 Å². The summed E-state index contributed by atoms with van der Waals surface area (Å²) in [5.41, 5.74) is -0.209. The van der Waals surface area contributed by atoms with Crippen molar-refractivity contribution in [1.29, 1.82) is 0 Å². The first-order valence-electron chi connectivity index (χ1n) is 8.67. The van der Waals surface area contributed by atoms with Crippen LogP contribution in [-0.2, 0) is 4.79 Å². The van der Waals surface area contributed by atoms with E-state index >= 15 is 0 Å². The van der Waals surface area contributed by atoms with E-state index < -0.39 is 0 Å². The first-order chi connectivity index (χ1) is 9.94. The number of hydrogen-bond donors (Lipinski definition) is 1. The number of nitrogens with one attached hydrogen (secondary N) is 1. The Morgan fingerprint density at radius 1 is 1.29 bits per heavy atom. The maximum absolute atomic E-state index is 13.1. The quantitative estimate of drug-likeness (QED) is 0.864. The fraction of sp³-hybridized carbons (Fsp3) is 0.941. The Morgan fingerprint density at radius 3 is 2.57 bits per heavy atom. The summed E-state index contributed by atoms with van der Waals surface area (Å²) in [6.45, 7) is 7.80. The van der Waals surface area contributed by atoms with Gasteiger partial charge in [-0.15, -0.1) is 0 Å². The van der Waals surface area contributed by atoms with Gasteiger partial charge in [-0.05, 0) is 50.7 Å². The average Bonchev–Trinajstić information content (AvgIpc) is 3.09. The SMILES string of the molecule is CC(C)CC1NC2(CCCC2)C(=O)N1CC1(C)CCCS1. The minimum atomic E-state index is -0.209. The molecule has 1 amide bonds. The first kappa shape index (κ1) is 15.7. The second-order valence-corrected chi connectivity index (χ2v) is 9.60. The van der Waals surface area contributed by atoms with Crippen molar-refractivity contribution in [2.24, 2.45) is 5.92 Å². The lowest BCUT2D eigenvalue weighted by Gasteiger charge is -2.33. The molecule has 0 aromatic carbocycles. The molecule has 120 valence electrons. The Labute approximate surface area is 133 Å². The second kappa shape index (κ2) is 5.77. The molecule has 3 nitrogen and oxygen atoms in total. The van der Waals surface area contributed by atoms with Crippen LogP contribution < -0.4 is 5.32 Å². The highest BCUT2D eigenvalue weighted by Crippen LogP contribution is 2.42. The Morgan fingerprint density at radius 2 is 2.00 bits per heavy atom. The van der Waals surface area contributed by atoms with Gasteiger partial charge in [0.15, 0.2) is 0 Å². The van der Waals surface area contributed by atoms with Crippen molar-refractivity contribution in [2.45, 2.75) is 82.2 Å². The third-order valence-electron chi connectivity index (χ3n) is 5.45. The van der Waals surface area contributed by atoms with E-state index in [2.05, 4.69) is 42.7 Å². The second-order valence-electron chi connectivity index (χ2n) is 7.91. The molecular weight excluding hydrogens is 280 g/mol. The molecule has 2 saturated heterocycles. The first-order valence-corrected chi connectivity index (χ1v) is 9.65. The summed E-state index contributed by atoms with van der Waals surface area (Å²) >= 11 is 2.06. The molecule has 1 saturated carbocycles. The summed E-state index contributed by atoms with van der Waals surface area (Å²) in [5, 5.41) is 3.76. The third kappa shape index (κ3) is 2.98. The van der Waals surface area contributed by atoms with Crippen LogP contribution in [0.15, 0.2) is 0 Å². The Balaban J connectivity index is 1.78. The molecule has 21 heavy (non-hydrogen) atoms. The number of amides is 1. The van der Waals surface area contributed by atoms with Crippen molar-refractivity contribution in [3.8, 4) is 0 Å². The number of hydrogen-bond acceptors (Lipinski definition) is 3. The van der Waals surface area contributed by atoms with Gasteiger partial charge in [-0.25, -0.2) is 0 Å². The molecule has 0 bridgehead atoms. The van der Waals surface area contributed by atoms with Crippen LogP contribution >= 0.6 is 11.8 Å². The molecule has 0 aromatic heterocycles. The lowest BCUT2D eigenvalue weighted by Crippen LogP contribution is -2.45. The molecule has 3 aliphatic rings. The molecule has 3 rings (SSSR count). The molecule has 1 spiro atoms. The van der Waals surface area contributed by atoms with Gasteiger partial charge in [-0.3, -0.25) is 10.1 Å². The summed E-state index contributed by atoms with van der Waals surface area (Å²) in [5.74, 6) is 2.28. The zero-order chi connectivity index (χ0) is 15.1. The highest BCUT2D eigenvalue weighted by Gasteiger charge is 2.53. The standard InChI is InChI=1S/C17H30N2OS/c1-13(2)11-14-18-17(8-4-5-9-17)15(20)19(14)12-16(3)7-6-10-21-16/h13-14,18H,4-12H2,1-3H3. The van der Waals surface area contributed by atoms with Gasteiger partial charge in [0.1, 0.15) is 0 Å². The summed E-state index contributed by atoms with van der Waals surface area (Å²) in [7, 11) is 0. The van der Waals surface area contributed by atoms with Crippen LogP contribution in [0.2, 0.25) is 0 Å². The smallest absolute Gasteiger partial charge is 0.244 e. The van der Waals surface area contributed by atoms with E-state index in [0.717, 1.165) is 25.8 Å². The number of rotatable bonds is 4. The molecule has 2 aliphatic heterocycles. The van der Waals surface area contributed by atoms with Crippen molar-refractivity contribution < 1.29 is 4.79 Å². The summed E-state index contributed by atoms with van der Waals surface area (Å²) in [6, 6.07) is 0. The van der Waals surface area contributed by atoms with E-state index in [1.54, 1.807) is 0 Å². The summed E-state index contributed by atoms with van der Waals surface area (Å²) < 4.78 is 0.275. The molecule has 3 fully saturated rings. The minimum absolute atomic E-state index is 0.209. The van der Waals surface area contributed by atoms with E-state index in [1.807, 2.05) is 0 Å². The summed E-state index contributed by atoms with van der Waals surface area (Å²) in [6.07, 6.45) is 8.38. The zero-order valence-electron chi connectivity index (χ0n) is 13.8. The normalized spacial score (nSPS) is 35.5. The van der Waals surface area contributed by atoms with Crippen molar-refractivity contribution in [1.82, 2.24) is 10.2 Å². The van der Waals surface area contributed by atoms with Gasteiger partial charge in [-0.1, -0.05) is 26.7 Å². The van der Waals surface area contributed by atoms with Crippen LogP contribution in [0.1, 0.15) is 65.7 Å². The molecule has 1 N–H and O–H groups in total. The van der Waals surface area contributed by atoms with E-state index in [-0.39, 0.29) is 16.5 Å². The van der Waals surface area contributed by atoms with E-state index in [0.29, 0.717) is 11.8 Å². The van der Waals surface area contributed by atoms with Crippen molar-refractivity contribution in [3.63, 3.8) is 0 Å². The minimum Gasteiger partial charge on any atom is -0.324 e. The Kier molecular flexibility index (Phi) is 4.30. The highest BCUT2D eigenvalue weighted by molar-refractivity contribution is 8.00. The molecule has 0 aromatic rings. The molecule has 2 heterocycles. The fourth-order valence-corrected chi connectivity index (χ4v) is 5.65. The zero-order valence-corrected chi connectivity index (χ0v) is 14.6. The van der Waals surface area contributed by atoms with Gasteiger partial charge in [0.2, 0.25) is 5.91 Å². The van der Waals surface area contributed by atoms with Crippen LogP contribution in [0.4, 0.5) is 0 Å². The average molecular weight is 311 g/mol. The number of nitrogens with zero attached hydrogens (tertiary/aromatic N) is 1. The van der Waals surface area contributed by atoms with Gasteiger partial charge < -0.3 is 4.90 Å². The lowest BCUT2D eigenvalue weighted by atomic mass is 9.97. The Bertz CT molecular complexity index is 398. The van der Waals surface area contributed by atoms with Crippen molar-refractivity contribution in [3.05, 3.63) is 0 Å². The molecular formula is C17H30N2OS. The highest BCUT2D eigenvalue weighted by atomic mass is 32.2. The predicted molar refractivity (Wildman–Crippen MR) is 89.4 cm³/mol. The fourth-order valence-electron chi connectivity index (χ4n) is 4.35. The topological polar surface area (TPSA) is 32.3 Å². The van der Waals surface area contributed by atoms with Gasteiger partial charge in [0.25, 0.3) is 0 Å². The third-order valence-corrected chi connectivity index (χ3v) is 6.97. The van der Waals surface area contributed by atoms with Crippen LogP contribution in [0.25, 0.3) is 0 Å². The molecule has 4 heteroatoms. The Hall–Kier alpha value is -0.220. The number of carbonyl (C=O) groups excluding carboxylic acids is 1. The van der Waals surface area contributed by atoms with Crippen LogP contribution in [0.5, 0.6) is 0 Å². The monoisotopic (exact) mass is 310 g/mol. The van der Waals surface area contributed by atoms with Gasteiger partial charge >= 0.3 is 0 Å². The maximum atomic E-state index is 13.1. The molecule has 2 unspecified atom stereocenters. The van der Waals surface area contributed by atoms with Gasteiger partial charge in [-0.2, -0.15) is 11.8 Å². The number of thioether (sulfide) groups is 1. The molecule has 1 aliphatic carbocycles. The molecule has 0 radical (unpaired) electrons. The van der Waals surface area contributed by atoms with Gasteiger partial charge in [0, 0.05) is 11.3 Å². The number of carbonyl (C=O) groups is 1. The lowest BCUT2D eigenvalue weighted by molar-refractivity contribution is -0.133. The predicted octanol–water partition coefficient (Wildman–Crippen LogP) is 3.39. The van der Waals surface area contributed by atoms with Gasteiger partial charge in [0.05, 0.1) is 11.7 Å². The maximum Gasteiger partial charge on any atom is 0.244 e. The van der Waals surface area contributed by atoms with E-state index in [4.69, 9.17) is 0 Å². The largest absolute Gasteiger partial charge is 0.324 e. The summed E-state index contributed by atoms with van der Waals surface area (Å²) in [4.78, 5) is 15.3. The van der Waals surface area contributed by atoms with E-state index in [1.165, 1.54) is 31.4 Å². The van der Waals surface area contributed by atoms with E-state index in [9.17, 15) is 4.79 Å². The van der Waals surface area contributed by atoms with Crippen molar-refractivity contribution >= 4 is 17.7 Å². The molecule has 2 atom stereocenters. The van der Waals surface area contributed by atoms with Crippen LogP contribution in [0.3, 0.4) is 0 Å².